The second-order valence-electron chi connectivity index (χ2n) is 8.53. The number of amides is 3. The van der Waals surface area contributed by atoms with Crippen LogP contribution in [0.2, 0.25) is 0 Å². The summed E-state index contributed by atoms with van der Waals surface area (Å²) in [6.45, 7) is 1.90. The number of aliphatic hydroxyl groups excluding tert-OH is 1. The Labute approximate surface area is 207 Å². The van der Waals surface area contributed by atoms with E-state index < -0.39 is 12.1 Å². The predicted octanol–water partition coefficient (Wildman–Crippen LogP) is 1.30. The van der Waals surface area contributed by atoms with Crippen molar-refractivity contribution in [2.45, 2.75) is 31.9 Å². The molecule has 0 saturated carbocycles. The van der Waals surface area contributed by atoms with Gasteiger partial charge in [-0.3, -0.25) is 19.8 Å². The van der Waals surface area contributed by atoms with Crippen molar-refractivity contribution in [3.8, 4) is 6.07 Å². The quantitative estimate of drug-likeness (QED) is 0.364. The average Bonchev–Trinajstić information content (AvgIpc) is 3.20. The van der Waals surface area contributed by atoms with Crippen LogP contribution in [0, 0.1) is 11.3 Å². The molecule has 12 nitrogen and oxygen atoms in total. The Kier molecular flexibility index (Phi) is 7.72. The molecule has 2 aromatic heterocycles. The lowest BCUT2D eigenvalue weighted by atomic mass is 10.0. The number of anilines is 3. The first kappa shape index (κ1) is 25.0. The van der Waals surface area contributed by atoms with Gasteiger partial charge in [0.1, 0.15) is 29.5 Å². The molecule has 0 bridgehead atoms. The molecule has 2 aliphatic heterocycles. The summed E-state index contributed by atoms with van der Waals surface area (Å²) in [6, 6.07) is 4.97. The van der Waals surface area contributed by atoms with Crippen molar-refractivity contribution in [2.75, 3.05) is 48.9 Å². The van der Waals surface area contributed by atoms with Crippen LogP contribution in [0.1, 0.15) is 40.0 Å². The van der Waals surface area contributed by atoms with E-state index in [0.29, 0.717) is 74.4 Å². The van der Waals surface area contributed by atoms with Gasteiger partial charge in [-0.1, -0.05) is 0 Å². The highest BCUT2D eigenvalue weighted by Gasteiger charge is 2.31. The molecule has 3 N–H and O–H groups in total. The highest BCUT2D eigenvalue weighted by molar-refractivity contribution is 6.02. The van der Waals surface area contributed by atoms with Crippen LogP contribution < -0.4 is 15.5 Å². The first-order valence-corrected chi connectivity index (χ1v) is 11.6. The van der Waals surface area contributed by atoms with Crippen LogP contribution in [0.5, 0.6) is 0 Å². The standard InChI is InChI=1S/C24H27N7O5/c1-36-8-5-26-18-10-21(27-12-17(18)11-25)29-24(35)31-6-2-3-15-9-16(19(14-32)28-22(15)31)13-30-7-4-20(33)23(30)34/h9-10,12,14,20,33H,2-8,13H2,1H3,(H2,26,27,29,35)/t20-/m1/s1. The number of likely N-dealkylation sites (tertiary alicyclic amines) is 1. The van der Waals surface area contributed by atoms with Crippen LogP contribution in [0.4, 0.5) is 22.1 Å². The molecule has 0 unspecified atom stereocenters. The molecule has 2 aliphatic rings. The number of aldehydes is 1. The zero-order valence-corrected chi connectivity index (χ0v) is 19.9. The normalized spacial score (nSPS) is 16.9. The molecule has 4 rings (SSSR count). The van der Waals surface area contributed by atoms with E-state index >= 15 is 0 Å². The SMILES string of the molecule is COCCNc1cc(NC(=O)N2CCCc3cc(CN4CC[C@@H](O)C4=O)c(C=O)nc32)ncc1C#N. The van der Waals surface area contributed by atoms with E-state index in [0.717, 1.165) is 5.56 Å². The number of pyridine rings is 2. The summed E-state index contributed by atoms with van der Waals surface area (Å²) in [5.41, 5.74) is 2.37. The van der Waals surface area contributed by atoms with Crippen LogP contribution in [-0.2, 0) is 22.5 Å². The molecule has 2 aromatic rings. The van der Waals surface area contributed by atoms with Gasteiger partial charge in [0.05, 0.1) is 17.9 Å². The Morgan fingerprint density at radius 3 is 2.92 bits per heavy atom. The monoisotopic (exact) mass is 493 g/mol. The van der Waals surface area contributed by atoms with Crippen molar-refractivity contribution >= 4 is 35.5 Å². The largest absolute Gasteiger partial charge is 0.383 e. The van der Waals surface area contributed by atoms with Crippen LogP contribution in [0.25, 0.3) is 0 Å². The first-order valence-electron chi connectivity index (χ1n) is 11.6. The maximum Gasteiger partial charge on any atom is 0.328 e. The highest BCUT2D eigenvalue weighted by Crippen LogP contribution is 2.29. The number of rotatable bonds is 8. The molecule has 0 spiro atoms. The summed E-state index contributed by atoms with van der Waals surface area (Å²) in [5, 5.41) is 24.9. The van der Waals surface area contributed by atoms with Gasteiger partial charge in [-0.15, -0.1) is 0 Å². The minimum Gasteiger partial charge on any atom is -0.383 e. The number of aryl methyl sites for hydroxylation is 1. The van der Waals surface area contributed by atoms with Gasteiger partial charge in [0.25, 0.3) is 5.91 Å². The van der Waals surface area contributed by atoms with Crippen LogP contribution in [0.3, 0.4) is 0 Å². The van der Waals surface area contributed by atoms with Crippen molar-refractivity contribution in [3.63, 3.8) is 0 Å². The van der Waals surface area contributed by atoms with Crippen molar-refractivity contribution in [1.82, 2.24) is 14.9 Å². The van der Waals surface area contributed by atoms with E-state index in [2.05, 4.69) is 26.7 Å². The van der Waals surface area contributed by atoms with Gasteiger partial charge in [0.15, 0.2) is 6.29 Å². The number of fused-ring (bicyclic) bond motifs is 1. The third kappa shape index (κ3) is 5.27. The van der Waals surface area contributed by atoms with Crippen molar-refractivity contribution in [2.24, 2.45) is 0 Å². The number of nitriles is 1. The summed E-state index contributed by atoms with van der Waals surface area (Å²) in [6.07, 6.45) is 2.68. The van der Waals surface area contributed by atoms with Gasteiger partial charge < -0.3 is 20.1 Å². The maximum absolute atomic E-state index is 13.2. The van der Waals surface area contributed by atoms with E-state index in [-0.39, 0.29) is 24.0 Å². The molecule has 188 valence electrons. The number of hydrogen-bond acceptors (Lipinski definition) is 9. The minimum absolute atomic E-state index is 0.142. The average molecular weight is 494 g/mol. The number of aromatic nitrogens is 2. The van der Waals surface area contributed by atoms with Gasteiger partial charge >= 0.3 is 6.03 Å². The van der Waals surface area contributed by atoms with Crippen LogP contribution in [0.15, 0.2) is 18.3 Å². The second kappa shape index (κ2) is 11.1. The van der Waals surface area contributed by atoms with E-state index in [1.165, 1.54) is 16.0 Å². The molecule has 12 heteroatoms. The summed E-state index contributed by atoms with van der Waals surface area (Å²) in [5.74, 6) is 0.269. The molecule has 36 heavy (non-hydrogen) atoms. The lowest BCUT2D eigenvalue weighted by molar-refractivity contribution is -0.134. The van der Waals surface area contributed by atoms with E-state index in [4.69, 9.17) is 4.74 Å². The molecule has 0 aliphatic carbocycles. The number of carbonyl (C=O) groups is 3. The maximum atomic E-state index is 13.2. The van der Waals surface area contributed by atoms with Crippen LogP contribution >= 0.6 is 0 Å². The number of carbonyl (C=O) groups excluding carboxylic acids is 3. The molecule has 1 fully saturated rings. The molecule has 0 aromatic carbocycles. The van der Waals surface area contributed by atoms with Crippen molar-refractivity contribution < 1.29 is 24.2 Å². The Morgan fingerprint density at radius 2 is 2.22 bits per heavy atom. The van der Waals surface area contributed by atoms with E-state index in [1.54, 1.807) is 19.2 Å². The topological polar surface area (TPSA) is 161 Å². The van der Waals surface area contributed by atoms with Gasteiger partial charge in [-0.25, -0.2) is 14.8 Å². The van der Waals surface area contributed by atoms with Gasteiger partial charge in [-0.2, -0.15) is 5.26 Å². The minimum atomic E-state index is -1.01. The van der Waals surface area contributed by atoms with E-state index in [9.17, 15) is 24.8 Å². The number of nitrogens with one attached hydrogen (secondary N) is 2. The Hall–Kier alpha value is -4.08. The third-order valence-electron chi connectivity index (χ3n) is 6.14. The third-order valence-corrected chi connectivity index (χ3v) is 6.14. The Balaban J connectivity index is 1.54. The van der Waals surface area contributed by atoms with Crippen molar-refractivity contribution in [3.05, 3.63) is 40.7 Å². The highest BCUT2D eigenvalue weighted by atomic mass is 16.5. The Morgan fingerprint density at radius 1 is 1.39 bits per heavy atom. The van der Waals surface area contributed by atoms with Crippen LogP contribution in [-0.4, -0.2) is 77.7 Å². The fourth-order valence-electron chi connectivity index (χ4n) is 4.29. The molecule has 3 amide bonds. The number of nitrogens with zero attached hydrogens (tertiary/aromatic N) is 5. The lowest BCUT2D eigenvalue weighted by Gasteiger charge is -2.29. The van der Waals surface area contributed by atoms with Gasteiger partial charge in [0.2, 0.25) is 0 Å². The number of hydrogen-bond donors (Lipinski definition) is 3. The number of methoxy groups -OCH3 is 1. The molecule has 1 saturated heterocycles. The second-order valence-corrected chi connectivity index (χ2v) is 8.53. The van der Waals surface area contributed by atoms with E-state index in [1.807, 2.05) is 0 Å². The summed E-state index contributed by atoms with van der Waals surface area (Å²) in [7, 11) is 1.57. The summed E-state index contributed by atoms with van der Waals surface area (Å²) >= 11 is 0. The zero-order chi connectivity index (χ0) is 25.7. The summed E-state index contributed by atoms with van der Waals surface area (Å²) < 4.78 is 5.02. The molecular formula is C24H27N7O5. The predicted molar refractivity (Wildman–Crippen MR) is 130 cm³/mol. The molecule has 1 atom stereocenters. The van der Waals surface area contributed by atoms with Crippen molar-refractivity contribution in [1.29, 1.82) is 5.26 Å². The zero-order valence-electron chi connectivity index (χ0n) is 19.9. The van der Waals surface area contributed by atoms with Gasteiger partial charge in [-0.05, 0) is 30.9 Å². The summed E-state index contributed by atoms with van der Waals surface area (Å²) in [4.78, 5) is 48.7. The molecule has 0 radical (unpaired) electrons. The number of urea groups is 1. The fraction of sp³-hybridized carbons (Fsp3) is 0.417. The lowest BCUT2D eigenvalue weighted by Crippen LogP contribution is -2.40. The number of ether oxygens (including phenoxy) is 1. The molecule has 4 heterocycles. The smallest absolute Gasteiger partial charge is 0.328 e. The fourth-order valence-corrected chi connectivity index (χ4v) is 4.29. The van der Waals surface area contributed by atoms with Gasteiger partial charge in [0, 0.05) is 51.1 Å². The number of aliphatic hydroxyl groups is 1. The molecular weight excluding hydrogens is 466 g/mol. The Bertz CT molecular complexity index is 1210. The first-order chi connectivity index (χ1) is 17.4.